The average Bonchev–Trinajstić information content (AvgIpc) is 2.53. The van der Waals surface area contributed by atoms with Gasteiger partial charge in [-0.3, -0.25) is 4.79 Å². The SMILES string of the molecule is CCCOc1ccccc1-c1nc2nnc(N)nc2c(=O)[nH]1. The van der Waals surface area contributed by atoms with Crippen LogP contribution < -0.4 is 16.0 Å². The van der Waals surface area contributed by atoms with E-state index in [4.69, 9.17) is 10.5 Å². The summed E-state index contributed by atoms with van der Waals surface area (Å²) in [5.41, 5.74) is 5.88. The number of aromatic amines is 1. The molecule has 0 radical (unpaired) electrons. The Morgan fingerprint density at radius 1 is 1.23 bits per heavy atom. The molecule has 2 aromatic heterocycles. The Bertz CT molecular complexity index is 877. The first-order valence-corrected chi connectivity index (χ1v) is 6.81. The fourth-order valence-electron chi connectivity index (χ4n) is 1.99. The Morgan fingerprint density at radius 2 is 2.05 bits per heavy atom. The van der Waals surface area contributed by atoms with Crippen LogP contribution in [0.2, 0.25) is 0 Å². The lowest BCUT2D eigenvalue weighted by Crippen LogP contribution is -2.14. The van der Waals surface area contributed by atoms with E-state index in [2.05, 4.69) is 25.1 Å². The number of fused-ring (bicyclic) bond motifs is 1. The molecule has 3 rings (SSSR count). The zero-order valence-electron chi connectivity index (χ0n) is 11.9. The van der Waals surface area contributed by atoms with Crippen molar-refractivity contribution in [1.29, 1.82) is 0 Å². The van der Waals surface area contributed by atoms with Crippen LogP contribution in [-0.4, -0.2) is 31.8 Å². The maximum Gasteiger partial charge on any atom is 0.279 e. The molecule has 8 heteroatoms. The van der Waals surface area contributed by atoms with Crippen molar-refractivity contribution in [3.63, 3.8) is 0 Å². The highest BCUT2D eigenvalue weighted by molar-refractivity contribution is 5.73. The van der Waals surface area contributed by atoms with E-state index < -0.39 is 5.56 Å². The molecule has 0 spiro atoms. The van der Waals surface area contributed by atoms with E-state index in [1.54, 1.807) is 0 Å². The van der Waals surface area contributed by atoms with Gasteiger partial charge in [0.1, 0.15) is 11.6 Å². The molecule has 0 fully saturated rings. The standard InChI is InChI=1S/C14H14N6O2/c1-2-7-22-9-6-4-3-5-8(9)11-17-12-10(13(21)18-11)16-14(15)20-19-12/h3-6H,2,7H2,1H3,(H2,15,16,20)(H,17,18,19,21). The summed E-state index contributed by atoms with van der Waals surface area (Å²) < 4.78 is 5.68. The van der Waals surface area contributed by atoms with Gasteiger partial charge < -0.3 is 15.5 Å². The van der Waals surface area contributed by atoms with Crippen molar-refractivity contribution in [3.8, 4) is 17.1 Å². The van der Waals surface area contributed by atoms with Crippen molar-refractivity contribution in [2.24, 2.45) is 0 Å². The molecule has 3 N–H and O–H groups in total. The van der Waals surface area contributed by atoms with E-state index in [1.165, 1.54) is 0 Å². The van der Waals surface area contributed by atoms with Crippen LogP contribution in [0.1, 0.15) is 13.3 Å². The van der Waals surface area contributed by atoms with Crippen LogP contribution in [0.5, 0.6) is 5.75 Å². The van der Waals surface area contributed by atoms with Gasteiger partial charge in [0, 0.05) is 0 Å². The predicted molar refractivity (Wildman–Crippen MR) is 81.4 cm³/mol. The van der Waals surface area contributed by atoms with Crippen molar-refractivity contribution >= 4 is 17.1 Å². The molecule has 0 unspecified atom stereocenters. The largest absolute Gasteiger partial charge is 0.493 e. The summed E-state index contributed by atoms with van der Waals surface area (Å²) in [6, 6.07) is 7.33. The third-order valence-electron chi connectivity index (χ3n) is 2.95. The molecule has 0 aliphatic carbocycles. The molecule has 0 aliphatic rings. The van der Waals surface area contributed by atoms with Gasteiger partial charge in [-0.2, -0.15) is 0 Å². The van der Waals surface area contributed by atoms with Crippen LogP contribution in [-0.2, 0) is 0 Å². The molecule has 0 atom stereocenters. The highest BCUT2D eigenvalue weighted by Crippen LogP contribution is 2.27. The number of aromatic nitrogens is 5. The minimum atomic E-state index is -0.424. The second kappa shape index (κ2) is 5.76. The molecule has 1 aromatic carbocycles. The van der Waals surface area contributed by atoms with Gasteiger partial charge in [0.05, 0.1) is 12.2 Å². The van der Waals surface area contributed by atoms with Gasteiger partial charge in [-0.25, -0.2) is 9.97 Å². The van der Waals surface area contributed by atoms with Gasteiger partial charge in [-0.05, 0) is 18.6 Å². The lowest BCUT2D eigenvalue weighted by atomic mass is 10.2. The van der Waals surface area contributed by atoms with Crippen LogP contribution in [0.25, 0.3) is 22.6 Å². The van der Waals surface area contributed by atoms with Crippen molar-refractivity contribution in [1.82, 2.24) is 25.1 Å². The Kier molecular flexibility index (Phi) is 3.65. The van der Waals surface area contributed by atoms with Crippen LogP contribution in [0.15, 0.2) is 29.1 Å². The topological polar surface area (TPSA) is 120 Å². The number of benzene rings is 1. The van der Waals surface area contributed by atoms with Crippen LogP contribution in [0.4, 0.5) is 5.95 Å². The number of rotatable bonds is 4. The second-order valence-corrected chi connectivity index (χ2v) is 4.60. The number of ether oxygens (including phenoxy) is 1. The van der Waals surface area contributed by atoms with Crippen molar-refractivity contribution in [2.75, 3.05) is 12.3 Å². The number of hydrogen-bond acceptors (Lipinski definition) is 7. The smallest absolute Gasteiger partial charge is 0.279 e. The van der Waals surface area contributed by atoms with Gasteiger partial charge in [0.15, 0.2) is 5.52 Å². The summed E-state index contributed by atoms with van der Waals surface area (Å²) in [7, 11) is 0. The number of H-pyrrole nitrogens is 1. The minimum Gasteiger partial charge on any atom is -0.493 e. The Hall–Kier alpha value is -3.03. The molecule has 112 valence electrons. The first kappa shape index (κ1) is 13.9. The molecule has 0 saturated carbocycles. The second-order valence-electron chi connectivity index (χ2n) is 4.60. The van der Waals surface area contributed by atoms with Gasteiger partial charge >= 0.3 is 0 Å². The van der Waals surface area contributed by atoms with E-state index >= 15 is 0 Å². The lowest BCUT2D eigenvalue weighted by Gasteiger charge is -2.10. The third kappa shape index (κ3) is 2.58. The molecule has 2 heterocycles. The van der Waals surface area contributed by atoms with Crippen molar-refractivity contribution < 1.29 is 4.74 Å². The fraction of sp³-hybridized carbons (Fsp3) is 0.214. The quantitative estimate of drug-likeness (QED) is 0.741. The summed E-state index contributed by atoms with van der Waals surface area (Å²) in [4.78, 5) is 22.9. The number of nitrogens with one attached hydrogen (secondary N) is 1. The fourth-order valence-corrected chi connectivity index (χ4v) is 1.99. The Labute approximate surface area is 125 Å². The highest BCUT2D eigenvalue weighted by atomic mass is 16.5. The average molecular weight is 298 g/mol. The summed E-state index contributed by atoms with van der Waals surface area (Å²) in [5, 5.41) is 7.44. The van der Waals surface area contributed by atoms with Gasteiger partial charge in [-0.15, -0.1) is 10.2 Å². The maximum absolute atomic E-state index is 12.1. The molecule has 0 bridgehead atoms. The summed E-state index contributed by atoms with van der Waals surface area (Å²) >= 11 is 0. The number of anilines is 1. The maximum atomic E-state index is 12.1. The van der Waals surface area contributed by atoms with Crippen LogP contribution in [0, 0.1) is 0 Å². The molecule has 0 amide bonds. The lowest BCUT2D eigenvalue weighted by molar-refractivity contribution is 0.318. The van der Waals surface area contributed by atoms with Crippen molar-refractivity contribution in [2.45, 2.75) is 13.3 Å². The molecule has 8 nitrogen and oxygen atoms in total. The Balaban J connectivity index is 2.15. The molecular formula is C14H14N6O2. The van der Waals surface area contributed by atoms with Crippen LogP contribution >= 0.6 is 0 Å². The van der Waals surface area contributed by atoms with Gasteiger partial charge in [-0.1, -0.05) is 19.1 Å². The van der Waals surface area contributed by atoms with E-state index in [0.29, 0.717) is 23.7 Å². The van der Waals surface area contributed by atoms with E-state index in [0.717, 1.165) is 6.42 Å². The predicted octanol–water partition coefficient (Wildman–Crippen LogP) is 1.15. The third-order valence-corrected chi connectivity index (χ3v) is 2.95. The number of nitrogens with two attached hydrogens (primary N) is 1. The number of hydrogen-bond donors (Lipinski definition) is 2. The Morgan fingerprint density at radius 3 is 2.86 bits per heavy atom. The minimum absolute atomic E-state index is 0.0585. The molecule has 0 aliphatic heterocycles. The van der Waals surface area contributed by atoms with Crippen molar-refractivity contribution in [3.05, 3.63) is 34.6 Å². The monoisotopic (exact) mass is 298 g/mol. The van der Waals surface area contributed by atoms with E-state index in [9.17, 15) is 4.79 Å². The number of nitrogens with zero attached hydrogens (tertiary/aromatic N) is 4. The van der Waals surface area contributed by atoms with Crippen LogP contribution in [0.3, 0.4) is 0 Å². The first-order valence-electron chi connectivity index (χ1n) is 6.81. The summed E-state index contributed by atoms with van der Waals surface area (Å²) in [6.07, 6.45) is 0.880. The van der Waals surface area contributed by atoms with E-state index in [1.807, 2.05) is 31.2 Å². The molecule has 3 aromatic rings. The van der Waals surface area contributed by atoms with Gasteiger partial charge in [0.25, 0.3) is 5.56 Å². The molecule has 22 heavy (non-hydrogen) atoms. The molecule has 0 saturated heterocycles. The van der Waals surface area contributed by atoms with Gasteiger partial charge in [0.2, 0.25) is 11.6 Å². The first-order chi connectivity index (χ1) is 10.7. The van der Waals surface area contributed by atoms with E-state index in [-0.39, 0.29) is 17.1 Å². The number of nitrogen functional groups attached to an aromatic ring is 1. The number of para-hydroxylation sites is 1. The molecular weight excluding hydrogens is 284 g/mol. The summed E-state index contributed by atoms with van der Waals surface area (Å²) in [5.74, 6) is 0.924. The summed E-state index contributed by atoms with van der Waals surface area (Å²) in [6.45, 7) is 2.59. The highest BCUT2D eigenvalue weighted by Gasteiger charge is 2.12. The zero-order valence-corrected chi connectivity index (χ0v) is 11.9. The zero-order chi connectivity index (χ0) is 15.5. The normalized spacial score (nSPS) is 10.8.